The number of Topliss-reactive ketones (excluding diaryl/α,β-unsaturated/α-hetero) is 1. The van der Waals surface area contributed by atoms with Crippen LogP contribution in [0.2, 0.25) is 0 Å². The van der Waals surface area contributed by atoms with Crippen molar-refractivity contribution in [3.8, 4) is 0 Å². The number of ketones is 1. The van der Waals surface area contributed by atoms with Crippen molar-refractivity contribution in [3.63, 3.8) is 0 Å². The zero-order chi connectivity index (χ0) is 17.6. The van der Waals surface area contributed by atoms with Gasteiger partial charge in [-0.05, 0) is 30.7 Å². The quantitative estimate of drug-likeness (QED) is 0.595. The highest BCUT2D eigenvalue weighted by Gasteiger charge is 2.09. The molecule has 0 aliphatic carbocycles. The molecule has 1 aromatic carbocycles. The Balaban J connectivity index is 1.77. The molecule has 2 aromatic heterocycles. The molecule has 0 unspecified atom stereocenters. The average molecular weight is 334 g/mol. The summed E-state index contributed by atoms with van der Waals surface area (Å²) in [6.07, 6.45) is 4.93. The van der Waals surface area contributed by atoms with E-state index in [0.29, 0.717) is 29.4 Å². The standard InChI is InChI=1S/C18H18N6O/c1-12(25)14-5-2-6-15(8-14)24-18-16(19)17(22-11-23-18)21-10-13-4-3-7-20-9-13/h2-9,11H,10,19H2,1H3,(H2,21,22,23,24). The molecule has 0 aliphatic rings. The lowest BCUT2D eigenvalue weighted by Crippen LogP contribution is -2.08. The number of aromatic nitrogens is 3. The molecule has 0 amide bonds. The van der Waals surface area contributed by atoms with Crippen LogP contribution in [0.15, 0.2) is 55.1 Å². The van der Waals surface area contributed by atoms with E-state index < -0.39 is 0 Å². The number of rotatable bonds is 6. The van der Waals surface area contributed by atoms with E-state index in [1.54, 1.807) is 30.6 Å². The molecule has 0 radical (unpaired) electrons. The molecule has 4 N–H and O–H groups in total. The van der Waals surface area contributed by atoms with Crippen molar-refractivity contribution in [1.82, 2.24) is 15.0 Å². The average Bonchev–Trinajstić information content (AvgIpc) is 2.63. The summed E-state index contributed by atoms with van der Waals surface area (Å²) in [5, 5.41) is 6.30. The summed E-state index contributed by atoms with van der Waals surface area (Å²) < 4.78 is 0. The van der Waals surface area contributed by atoms with Crippen molar-refractivity contribution in [2.24, 2.45) is 0 Å². The zero-order valence-electron chi connectivity index (χ0n) is 13.7. The first-order chi connectivity index (χ1) is 12.1. The minimum Gasteiger partial charge on any atom is -0.393 e. The van der Waals surface area contributed by atoms with E-state index in [1.807, 2.05) is 18.2 Å². The number of pyridine rings is 1. The largest absolute Gasteiger partial charge is 0.393 e. The van der Waals surface area contributed by atoms with Crippen LogP contribution in [-0.4, -0.2) is 20.7 Å². The minimum absolute atomic E-state index is 0.00173. The second-order valence-corrected chi connectivity index (χ2v) is 5.46. The Morgan fingerprint density at radius 2 is 2.00 bits per heavy atom. The molecule has 0 aliphatic heterocycles. The summed E-state index contributed by atoms with van der Waals surface area (Å²) in [6, 6.07) is 11.0. The third-order valence-corrected chi connectivity index (χ3v) is 3.60. The van der Waals surface area contributed by atoms with Crippen LogP contribution in [0.5, 0.6) is 0 Å². The summed E-state index contributed by atoms with van der Waals surface area (Å²) in [5.41, 5.74) is 8.93. The van der Waals surface area contributed by atoms with E-state index >= 15 is 0 Å². The lowest BCUT2D eigenvalue weighted by molar-refractivity contribution is 0.101. The SMILES string of the molecule is CC(=O)c1cccc(Nc2ncnc(NCc3cccnc3)c2N)c1. The molecular weight excluding hydrogens is 316 g/mol. The summed E-state index contributed by atoms with van der Waals surface area (Å²) in [5.74, 6) is 1.01. The van der Waals surface area contributed by atoms with Gasteiger partial charge in [0.2, 0.25) is 0 Å². The fraction of sp³-hybridized carbons (Fsp3) is 0.111. The molecule has 0 fully saturated rings. The van der Waals surface area contributed by atoms with Gasteiger partial charge >= 0.3 is 0 Å². The van der Waals surface area contributed by atoms with Crippen molar-refractivity contribution in [2.45, 2.75) is 13.5 Å². The summed E-state index contributed by atoms with van der Waals surface area (Å²) in [7, 11) is 0. The Morgan fingerprint density at radius 3 is 2.76 bits per heavy atom. The second kappa shape index (κ2) is 7.39. The highest BCUT2D eigenvalue weighted by molar-refractivity contribution is 5.95. The molecule has 0 spiro atoms. The van der Waals surface area contributed by atoms with Crippen LogP contribution in [0, 0.1) is 0 Å². The number of nitrogens with one attached hydrogen (secondary N) is 2. The fourth-order valence-corrected chi connectivity index (χ4v) is 2.28. The number of anilines is 4. The molecular formula is C18H18N6O. The number of nitrogen functional groups attached to an aromatic ring is 1. The first kappa shape index (κ1) is 16.4. The minimum atomic E-state index is -0.00173. The molecule has 0 saturated carbocycles. The summed E-state index contributed by atoms with van der Waals surface area (Å²) in [6.45, 7) is 2.08. The number of nitrogens with two attached hydrogens (primary N) is 1. The Hall–Kier alpha value is -3.48. The monoisotopic (exact) mass is 334 g/mol. The predicted octanol–water partition coefficient (Wildman–Crippen LogP) is 3.01. The van der Waals surface area contributed by atoms with Crippen molar-refractivity contribution in [3.05, 3.63) is 66.2 Å². The Morgan fingerprint density at radius 1 is 1.16 bits per heavy atom. The van der Waals surface area contributed by atoms with E-state index in [-0.39, 0.29) is 5.78 Å². The van der Waals surface area contributed by atoms with E-state index in [0.717, 1.165) is 11.3 Å². The van der Waals surface area contributed by atoms with Gasteiger partial charge in [0.1, 0.15) is 12.0 Å². The van der Waals surface area contributed by atoms with Gasteiger partial charge in [-0.1, -0.05) is 18.2 Å². The van der Waals surface area contributed by atoms with Gasteiger partial charge in [0.15, 0.2) is 17.4 Å². The molecule has 25 heavy (non-hydrogen) atoms. The molecule has 0 bridgehead atoms. The molecule has 3 rings (SSSR count). The third-order valence-electron chi connectivity index (χ3n) is 3.60. The number of hydrogen-bond donors (Lipinski definition) is 3. The number of nitrogens with zero attached hydrogens (tertiary/aromatic N) is 3. The smallest absolute Gasteiger partial charge is 0.159 e. The van der Waals surface area contributed by atoms with Gasteiger partial charge in [-0.3, -0.25) is 9.78 Å². The molecule has 7 heteroatoms. The van der Waals surface area contributed by atoms with Gasteiger partial charge in [-0.15, -0.1) is 0 Å². The van der Waals surface area contributed by atoms with E-state index in [9.17, 15) is 4.79 Å². The first-order valence-electron chi connectivity index (χ1n) is 7.75. The van der Waals surface area contributed by atoms with Gasteiger partial charge in [0.05, 0.1) is 0 Å². The first-order valence-corrected chi connectivity index (χ1v) is 7.75. The van der Waals surface area contributed by atoms with E-state index in [1.165, 1.54) is 13.3 Å². The lowest BCUT2D eigenvalue weighted by atomic mass is 10.1. The topological polar surface area (TPSA) is 106 Å². The van der Waals surface area contributed by atoms with Crippen LogP contribution >= 0.6 is 0 Å². The van der Waals surface area contributed by atoms with Crippen molar-refractivity contribution >= 4 is 28.8 Å². The van der Waals surface area contributed by atoms with Crippen LogP contribution < -0.4 is 16.4 Å². The molecule has 2 heterocycles. The van der Waals surface area contributed by atoms with Crippen LogP contribution in [0.3, 0.4) is 0 Å². The summed E-state index contributed by atoms with van der Waals surface area (Å²) in [4.78, 5) is 23.9. The third kappa shape index (κ3) is 4.08. The van der Waals surface area contributed by atoms with E-state index in [4.69, 9.17) is 5.73 Å². The van der Waals surface area contributed by atoms with Crippen molar-refractivity contribution < 1.29 is 4.79 Å². The summed E-state index contributed by atoms with van der Waals surface area (Å²) >= 11 is 0. The highest BCUT2D eigenvalue weighted by atomic mass is 16.1. The van der Waals surface area contributed by atoms with Gasteiger partial charge in [-0.25, -0.2) is 9.97 Å². The second-order valence-electron chi connectivity index (χ2n) is 5.46. The molecule has 0 atom stereocenters. The highest BCUT2D eigenvalue weighted by Crippen LogP contribution is 2.26. The maximum atomic E-state index is 11.5. The maximum absolute atomic E-state index is 11.5. The Labute approximate surface area is 145 Å². The molecule has 7 nitrogen and oxygen atoms in total. The van der Waals surface area contributed by atoms with Crippen molar-refractivity contribution in [2.75, 3.05) is 16.4 Å². The van der Waals surface area contributed by atoms with Gasteiger partial charge in [0, 0.05) is 30.2 Å². The van der Waals surface area contributed by atoms with Crippen LogP contribution in [0.1, 0.15) is 22.8 Å². The van der Waals surface area contributed by atoms with Crippen LogP contribution in [0.25, 0.3) is 0 Å². The Bertz CT molecular complexity index is 882. The zero-order valence-corrected chi connectivity index (χ0v) is 13.7. The van der Waals surface area contributed by atoms with Gasteiger partial charge < -0.3 is 16.4 Å². The Kier molecular flexibility index (Phi) is 4.84. The van der Waals surface area contributed by atoms with Gasteiger partial charge in [-0.2, -0.15) is 0 Å². The van der Waals surface area contributed by atoms with Crippen molar-refractivity contribution in [1.29, 1.82) is 0 Å². The van der Waals surface area contributed by atoms with Crippen LogP contribution in [-0.2, 0) is 6.54 Å². The molecule has 0 saturated heterocycles. The normalized spacial score (nSPS) is 10.3. The predicted molar refractivity (Wildman–Crippen MR) is 97.7 cm³/mol. The van der Waals surface area contributed by atoms with E-state index in [2.05, 4.69) is 25.6 Å². The molecule has 126 valence electrons. The number of benzene rings is 1. The maximum Gasteiger partial charge on any atom is 0.159 e. The number of hydrogen-bond acceptors (Lipinski definition) is 7. The fourth-order valence-electron chi connectivity index (χ4n) is 2.28. The molecule has 3 aromatic rings. The number of carbonyl (C=O) groups is 1. The van der Waals surface area contributed by atoms with Gasteiger partial charge in [0.25, 0.3) is 0 Å². The van der Waals surface area contributed by atoms with Crippen LogP contribution in [0.4, 0.5) is 23.0 Å². The number of carbonyl (C=O) groups excluding carboxylic acids is 1. The lowest BCUT2D eigenvalue weighted by Gasteiger charge is -2.13.